The van der Waals surface area contributed by atoms with Crippen molar-refractivity contribution in [3.63, 3.8) is 0 Å². The molecule has 0 aromatic heterocycles. The Morgan fingerprint density at radius 1 is 1.00 bits per heavy atom. The van der Waals surface area contributed by atoms with Crippen LogP contribution in [-0.4, -0.2) is 23.9 Å². The quantitative estimate of drug-likeness (QED) is 0.695. The van der Waals surface area contributed by atoms with Crippen molar-refractivity contribution in [1.29, 1.82) is 0 Å². The van der Waals surface area contributed by atoms with Crippen molar-refractivity contribution in [2.75, 3.05) is 12.9 Å². The van der Waals surface area contributed by atoms with Crippen LogP contribution in [0.15, 0.2) is 53.4 Å². The smallest absolute Gasteiger partial charge is 0.339 e. The average Bonchev–Trinajstić information content (AvgIpc) is 2.90. The number of carbonyl (C=O) groups is 1. The third kappa shape index (κ3) is 2.67. The lowest BCUT2D eigenvalue weighted by molar-refractivity contribution is -0.133. The van der Waals surface area contributed by atoms with Crippen LogP contribution in [0.3, 0.4) is 0 Å². The van der Waals surface area contributed by atoms with Gasteiger partial charge < -0.3 is 9.84 Å². The molecule has 0 amide bonds. The highest BCUT2D eigenvalue weighted by Crippen LogP contribution is 2.34. The van der Waals surface area contributed by atoms with Crippen LogP contribution in [0.1, 0.15) is 11.1 Å². The van der Waals surface area contributed by atoms with Gasteiger partial charge in [-0.25, -0.2) is 4.79 Å². The number of aromatic hydroxyl groups is 1. The monoisotopic (exact) mass is 298 g/mol. The fourth-order valence-corrected chi connectivity index (χ4v) is 2.75. The average molecular weight is 298 g/mol. The lowest BCUT2D eigenvalue weighted by Crippen LogP contribution is -1.98. The number of carbonyl (C=O) groups excluding carboxylic acids is 1. The number of ether oxygens (including phenoxy) is 1. The Kier molecular flexibility index (Phi) is 3.71. The molecule has 106 valence electrons. The predicted molar refractivity (Wildman–Crippen MR) is 84.1 cm³/mol. The number of esters is 1. The van der Waals surface area contributed by atoms with E-state index in [0.29, 0.717) is 5.57 Å². The summed E-state index contributed by atoms with van der Waals surface area (Å²) in [6.07, 6.45) is 2.01. The minimum Gasteiger partial charge on any atom is -0.508 e. The molecule has 2 aromatic rings. The van der Waals surface area contributed by atoms with Gasteiger partial charge in [0.15, 0.2) is 0 Å². The van der Waals surface area contributed by atoms with E-state index in [1.807, 2.05) is 30.5 Å². The number of phenols is 1. The largest absolute Gasteiger partial charge is 0.508 e. The van der Waals surface area contributed by atoms with E-state index >= 15 is 0 Å². The summed E-state index contributed by atoms with van der Waals surface area (Å²) in [5, 5.41) is 9.38. The standard InChI is InChI=1S/C17H14O3S/c1-21-14-8-4-12(5-9-14)16-15(10-20-17(16)19)11-2-6-13(18)7-3-11/h2-9,18H,10H2,1H3. The van der Waals surface area contributed by atoms with Crippen LogP contribution in [0.5, 0.6) is 5.75 Å². The molecule has 1 aliphatic rings. The second-order valence-electron chi connectivity index (χ2n) is 4.71. The molecule has 0 radical (unpaired) electrons. The van der Waals surface area contributed by atoms with Gasteiger partial charge in [0.05, 0.1) is 5.57 Å². The molecule has 1 N–H and O–H groups in total. The van der Waals surface area contributed by atoms with Crippen LogP contribution < -0.4 is 0 Å². The van der Waals surface area contributed by atoms with Gasteiger partial charge in [-0.1, -0.05) is 24.3 Å². The van der Waals surface area contributed by atoms with Crippen molar-refractivity contribution >= 4 is 28.9 Å². The summed E-state index contributed by atoms with van der Waals surface area (Å²) in [6, 6.07) is 14.7. The molecule has 0 spiro atoms. The Labute approximate surface area is 127 Å². The number of hydrogen-bond acceptors (Lipinski definition) is 4. The summed E-state index contributed by atoms with van der Waals surface area (Å²) in [7, 11) is 0. The lowest BCUT2D eigenvalue weighted by Gasteiger charge is -2.05. The summed E-state index contributed by atoms with van der Waals surface area (Å²) >= 11 is 1.66. The maximum Gasteiger partial charge on any atom is 0.339 e. The molecule has 0 atom stereocenters. The molecule has 0 fully saturated rings. The third-order valence-electron chi connectivity index (χ3n) is 3.45. The second kappa shape index (κ2) is 5.66. The fraction of sp³-hybridized carbons (Fsp3) is 0.118. The van der Waals surface area contributed by atoms with E-state index in [0.717, 1.165) is 21.6 Å². The zero-order valence-corrected chi connectivity index (χ0v) is 12.3. The van der Waals surface area contributed by atoms with Gasteiger partial charge in [0.2, 0.25) is 0 Å². The Morgan fingerprint density at radius 3 is 2.24 bits per heavy atom. The van der Waals surface area contributed by atoms with Crippen molar-refractivity contribution in [3.8, 4) is 5.75 Å². The van der Waals surface area contributed by atoms with Gasteiger partial charge in [-0.2, -0.15) is 0 Å². The van der Waals surface area contributed by atoms with E-state index in [1.165, 1.54) is 0 Å². The molecule has 0 bridgehead atoms. The zero-order chi connectivity index (χ0) is 14.8. The normalized spacial score (nSPS) is 14.4. The first-order chi connectivity index (χ1) is 10.2. The Balaban J connectivity index is 2.07. The molecule has 3 rings (SSSR count). The van der Waals surface area contributed by atoms with Gasteiger partial charge in [-0.3, -0.25) is 0 Å². The molecular formula is C17H14O3S. The van der Waals surface area contributed by atoms with Gasteiger partial charge >= 0.3 is 5.97 Å². The Morgan fingerprint density at radius 2 is 1.62 bits per heavy atom. The van der Waals surface area contributed by atoms with E-state index in [-0.39, 0.29) is 18.3 Å². The summed E-state index contributed by atoms with van der Waals surface area (Å²) in [5.41, 5.74) is 3.21. The van der Waals surface area contributed by atoms with Crippen molar-refractivity contribution in [3.05, 3.63) is 59.7 Å². The molecule has 0 saturated heterocycles. The van der Waals surface area contributed by atoms with Crippen LogP contribution >= 0.6 is 11.8 Å². The number of cyclic esters (lactones) is 1. The van der Waals surface area contributed by atoms with Crippen LogP contribution in [0.2, 0.25) is 0 Å². The molecule has 0 saturated carbocycles. The first-order valence-electron chi connectivity index (χ1n) is 6.53. The first kappa shape index (κ1) is 13.8. The summed E-state index contributed by atoms with van der Waals surface area (Å²) in [6.45, 7) is 0.267. The highest BCUT2D eigenvalue weighted by atomic mass is 32.2. The Hall–Kier alpha value is -2.20. The molecule has 1 heterocycles. The van der Waals surface area contributed by atoms with Crippen LogP contribution in [-0.2, 0) is 9.53 Å². The highest BCUT2D eigenvalue weighted by Gasteiger charge is 2.27. The van der Waals surface area contributed by atoms with Crippen molar-refractivity contribution in [2.45, 2.75) is 4.90 Å². The van der Waals surface area contributed by atoms with Crippen LogP contribution in [0, 0.1) is 0 Å². The molecule has 2 aromatic carbocycles. The number of phenolic OH excluding ortho intramolecular Hbond substituents is 1. The van der Waals surface area contributed by atoms with Crippen LogP contribution in [0.4, 0.5) is 0 Å². The Bertz CT molecular complexity index is 700. The maximum atomic E-state index is 12.0. The molecule has 3 nitrogen and oxygen atoms in total. The maximum absolute atomic E-state index is 12.0. The summed E-state index contributed by atoms with van der Waals surface area (Å²) < 4.78 is 5.19. The molecular weight excluding hydrogens is 284 g/mol. The van der Waals surface area contributed by atoms with Gasteiger partial charge in [0, 0.05) is 10.5 Å². The summed E-state index contributed by atoms with van der Waals surface area (Å²) in [5.74, 6) is -0.0922. The van der Waals surface area contributed by atoms with Crippen molar-refractivity contribution in [1.82, 2.24) is 0 Å². The van der Waals surface area contributed by atoms with E-state index in [2.05, 4.69) is 0 Å². The van der Waals surface area contributed by atoms with Gasteiger partial charge in [0.25, 0.3) is 0 Å². The molecule has 0 unspecified atom stereocenters. The fourth-order valence-electron chi connectivity index (χ4n) is 2.35. The third-order valence-corrected chi connectivity index (χ3v) is 4.19. The van der Waals surface area contributed by atoms with Gasteiger partial charge in [-0.15, -0.1) is 11.8 Å². The SMILES string of the molecule is CSc1ccc(C2=C(c3ccc(O)cc3)COC2=O)cc1. The number of thioether (sulfide) groups is 1. The molecule has 21 heavy (non-hydrogen) atoms. The minimum absolute atomic E-state index is 0.204. The highest BCUT2D eigenvalue weighted by molar-refractivity contribution is 7.98. The first-order valence-corrected chi connectivity index (χ1v) is 7.75. The summed E-state index contributed by atoms with van der Waals surface area (Å²) in [4.78, 5) is 13.2. The van der Waals surface area contributed by atoms with Crippen LogP contribution in [0.25, 0.3) is 11.1 Å². The van der Waals surface area contributed by atoms with E-state index < -0.39 is 0 Å². The number of hydrogen-bond donors (Lipinski definition) is 1. The van der Waals surface area contributed by atoms with E-state index in [1.54, 1.807) is 36.0 Å². The zero-order valence-electron chi connectivity index (χ0n) is 11.5. The second-order valence-corrected chi connectivity index (χ2v) is 5.58. The predicted octanol–water partition coefficient (Wildman–Crippen LogP) is 3.58. The van der Waals surface area contributed by atoms with Gasteiger partial charge in [0.1, 0.15) is 12.4 Å². The molecule has 4 heteroatoms. The van der Waals surface area contributed by atoms with Crippen molar-refractivity contribution in [2.24, 2.45) is 0 Å². The van der Waals surface area contributed by atoms with Crippen molar-refractivity contribution < 1.29 is 14.6 Å². The van der Waals surface area contributed by atoms with E-state index in [9.17, 15) is 9.90 Å². The van der Waals surface area contributed by atoms with E-state index in [4.69, 9.17) is 4.74 Å². The minimum atomic E-state index is -0.296. The molecule has 1 aliphatic heterocycles. The number of benzene rings is 2. The molecule has 0 aliphatic carbocycles. The van der Waals surface area contributed by atoms with Gasteiger partial charge in [-0.05, 0) is 41.6 Å². The number of rotatable bonds is 3. The topological polar surface area (TPSA) is 46.5 Å². The lowest BCUT2D eigenvalue weighted by atomic mass is 9.97.